The Balaban J connectivity index is 1.54. The fourth-order valence-electron chi connectivity index (χ4n) is 5.10. The van der Waals surface area contributed by atoms with Crippen LogP contribution < -0.4 is 0 Å². The number of hydrogen-bond acceptors (Lipinski definition) is 4. The molecule has 4 nitrogen and oxygen atoms in total. The zero-order valence-corrected chi connectivity index (χ0v) is 13.7. The zero-order valence-electron chi connectivity index (χ0n) is 13.7. The third-order valence-electron chi connectivity index (χ3n) is 6.60. The Kier molecular flexibility index (Phi) is 2.86. The third-order valence-corrected chi connectivity index (χ3v) is 6.60. The molecule has 122 valence electrons. The molecular weight excluding hydrogens is 288 g/mol. The zero-order chi connectivity index (χ0) is 15.7. The quantitative estimate of drug-likeness (QED) is 0.811. The fraction of sp³-hybridized carbons (Fsp3) is 0.632. The van der Waals surface area contributed by atoms with Crippen LogP contribution in [0.2, 0.25) is 0 Å². The standard InChI is InChI=1S/C19H24N2O2/c1-2-18-8-7-16-19(22,13-5-3-4-6-14(13)20-16)9-10-21(12-18)11-15-17(18)23-15/h3-6,15,17,22H,2,7-12H2,1H3/t15-,17-,18+,19+/m1/s1. The molecule has 4 aliphatic rings. The number of aliphatic imine (C=N–C) groups is 1. The molecule has 0 saturated carbocycles. The van der Waals surface area contributed by atoms with Crippen LogP contribution in [0.4, 0.5) is 5.69 Å². The SMILES string of the molecule is CC[C@@]12CCC3=Nc4ccccc4[C@@]3(O)CCN(C[C@H]3O[C@H]31)C2. The first-order chi connectivity index (χ1) is 11.1. The Bertz CT molecular complexity index is 688. The predicted molar refractivity (Wildman–Crippen MR) is 89.1 cm³/mol. The minimum atomic E-state index is -0.867. The summed E-state index contributed by atoms with van der Waals surface area (Å²) in [5.74, 6) is 0. The molecule has 4 aliphatic heterocycles. The van der Waals surface area contributed by atoms with Crippen LogP contribution in [0.15, 0.2) is 29.3 Å². The summed E-state index contributed by atoms with van der Waals surface area (Å²) in [6.45, 7) is 5.34. The van der Waals surface area contributed by atoms with Gasteiger partial charge in [-0.05, 0) is 31.7 Å². The van der Waals surface area contributed by atoms with E-state index in [4.69, 9.17) is 9.73 Å². The maximum absolute atomic E-state index is 11.5. The van der Waals surface area contributed by atoms with E-state index < -0.39 is 5.60 Å². The van der Waals surface area contributed by atoms with Crippen LogP contribution in [0.1, 0.15) is 38.2 Å². The van der Waals surface area contributed by atoms with Crippen molar-refractivity contribution in [3.05, 3.63) is 29.8 Å². The molecular formula is C19H24N2O2. The van der Waals surface area contributed by atoms with Crippen molar-refractivity contribution in [3.63, 3.8) is 0 Å². The number of hydrogen-bond donors (Lipinski definition) is 1. The molecule has 4 heteroatoms. The second-order valence-corrected chi connectivity index (χ2v) is 7.73. The van der Waals surface area contributed by atoms with Crippen LogP contribution in [-0.2, 0) is 10.3 Å². The number of epoxide rings is 1. The van der Waals surface area contributed by atoms with E-state index in [9.17, 15) is 5.11 Å². The molecule has 1 unspecified atom stereocenters. The summed E-state index contributed by atoms with van der Waals surface area (Å²) in [5, 5.41) is 11.5. The molecule has 4 heterocycles. The Morgan fingerprint density at radius 2 is 2.22 bits per heavy atom. The summed E-state index contributed by atoms with van der Waals surface area (Å²) in [7, 11) is 0. The smallest absolute Gasteiger partial charge is 0.131 e. The van der Waals surface area contributed by atoms with Gasteiger partial charge in [0, 0.05) is 30.6 Å². The topological polar surface area (TPSA) is 48.4 Å². The number of aliphatic hydroxyl groups is 1. The molecule has 1 aromatic carbocycles. The number of fused-ring (bicyclic) bond motifs is 7. The van der Waals surface area contributed by atoms with Gasteiger partial charge in [-0.2, -0.15) is 0 Å². The minimum absolute atomic E-state index is 0.242. The number of piperidine rings is 1. The maximum atomic E-state index is 11.5. The Hall–Kier alpha value is -1.23. The van der Waals surface area contributed by atoms with Gasteiger partial charge in [-0.25, -0.2) is 0 Å². The van der Waals surface area contributed by atoms with Crippen molar-refractivity contribution in [2.75, 3.05) is 19.6 Å². The van der Waals surface area contributed by atoms with E-state index in [0.29, 0.717) is 12.2 Å². The van der Waals surface area contributed by atoms with E-state index in [2.05, 4.69) is 11.8 Å². The van der Waals surface area contributed by atoms with Crippen LogP contribution in [0.5, 0.6) is 0 Å². The second-order valence-electron chi connectivity index (χ2n) is 7.73. The van der Waals surface area contributed by atoms with Crippen molar-refractivity contribution >= 4 is 11.4 Å². The molecule has 3 saturated heterocycles. The van der Waals surface area contributed by atoms with Crippen molar-refractivity contribution in [1.29, 1.82) is 0 Å². The molecule has 1 aromatic rings. The first-order valence-electron chi connectivity index (χ1n) is 8.92. The molecule has 0 amide bonds. The highest BCUT2D eigenvalue weighted by Crippen LogP contribution is 2.52. The van der Waals surface area contributed by atoms with Gasteiger partial charge in [0.05, 0.1) is 23.6 Å². The van der Waals surface area contributed by atoms with Gasteiger partial charge in [0.15, 0.2) is 0 Å². The second kappa shape index (κ2) is 4.65. The molecule has 0 spiro atoms. The normalized spacial score (nSPS) is 44.1. The number of nitrogens with zero attached hydrogens (tertiary/aromatic N) is 2. The van der Waals surface area contributed by atoms with Gasteiger partial charge in [-0.3, -0.25) is 9.89 Å². The van der Waals surface area contributed by atoms with E-state index in [0.717, 1.165) is 62.3 Å². The number of para-hydroxylation sites is 1. The molecule has 0 aromatic heterocycles. The lowest BCUT2D eigenvalue weighted by Gasteiger charge is -2.39. The van der Waals surface area contributed by atoms with Crippen molar-refractivity contribution in [3.8, 4) is 0 Å². The summed E-state index contributed by atoms with van der Waals surface area (Å²) >= 11 is 0. The highest BCUT2D eigenvalue weighted by Gasteiger charge is 2.59. The van der Waals surface area contributed by atoms with E-state index in [1.54, 1.807) is 0 Å². The minimum Gasteiger partial charge on any atom is -0.379 e. The highest BCUT2D eigenvalue weighted by molar-refractivity contribution is 6.00. The van der Waals surface area contributed by atoms with Crippen LogP contribution in [0.25, 0.3) is 0 Å². The molecule has 2 bridgehead atoms. The molecule has 5 rings (SSSR count). The molecule has 0 aliphatic carbocycles. The Morgan fingerprint density at radius 1 is 1.35 bits per heavy atom. The lowest BCUT2D eigenvalue weighted by atomic mass is 9.73. The summed E-state index contributed by atoms with van der Waals surface area (Å²) in [6, 6.07) is 8.08. The predicted octanol–water partition coefficient (Wildman–Crippen LogP) is 2.62. The van der Waals surface area contributed by atoms with E-state index >= 15 is 0 Å². The van der Waals surface area contributed by atoms with Gasteiger partial charge in [0.1, 0.15) is 5.60 Å². The molecule has 3 fully saturated rings. The van der Waals surface area contributed by atoms with Gasteiger partial charge >= 0.3 is 0 Å². The van der Waals surface area contributed by atoms with Crippen molar-refractivity contribution < 1.29 is 9.84 Å². The van der Waals surface area contributed by atoms with Crippen LogP contribution in [-0.4, -0.2) is 47.6 Å². The van der Waals surface area contributed by atoms with Crippen LogP contribution in [0, 0.1) is 5.41 Å². The van der Waals surface area contributed by atoms with Crippen LogP contribution in [0.3, 0.4) is 0 Å². The van der Waals surface area contributed by atoms with Crippen molar-refractivity contribution in [1.82, 2.24) is 4.90 Å². The molecule has 0 radical (unpaired) electrons. The van der Waals surface area contributed by atoms with Crippen LogP contribution >= 0.6 is 0 Å². The maximum Gasteiger partial charge on any atom is 0.131 e. The summed E-state index contributed by atoms with van der Waals surface area (Å²) in [5.41, 5.74) is 2.30. The van der Waals surface area contributed by atoms with Gasteiger partial charge in [0.2, 0.25) is 0 Å². The number of ether oxygens (including phenoxy) is 1. The van der Waals surface area contributed by atoms with Crippen molar-refractivity contribution in [2.45, 2.75) is 50.4 Å². The first kappa shape index (κ1) is 14.1. The molecule has 5 atom stereocenters. The fourth-order valence-corrected chi connectivity index (χ4v) is 5.10. The number of rotatable bonds is 1. The van der Waals surface area contributed by atoms with Gasteiger partial charge in [0.25, 0.3) is 0 Å². The summed E-state index contributed by atoms with van der Waals surface area (Å²) < 4.78 is 5.99. The molecule has 1 N–H and O–H groups in total. The van der Waals surface area contributed by atoms with Crippen molar-refractivity contribution in [2.24, 2.45) is 10.4 Å². The van der Waals surface area contributed by atoms with E-state index in [-0.39, 0.29) is 5.41 Å². The van der Waals surface area contributed by atoms with Gasteiger partial charge in [-0.1, -0.05) is 25.1 Å². The Labute approximate surface area is 137 Å². The molecule has 23 heavy (non-hydrogen) atoms. The highest BCUT2D eigenvalue weighted by atomic mass is 16.6. The summed E-state index contributed by atoms with van der Waals surface area (Å²) in [4.78, 5) is 7.33. The van der Waals surface area contributed by atoms with Gasteiger partial charge in [-0.15, -0.1) is 0 Å². The Morgan fingerprint density at radius 3 is 3.09 bits per heavy atom. The lowest BCUT2D eigenvalue weighted by molar-refractivity contribution is 0.0679. The summed E-state index contributed by atoms with van der Waals surface area (Å²) in [6.07, 6.45) is 4.67. The average Bonchev–Trinajstić information content (AvgIpc) is 3.29. The number of benzene rings is 1. The lowest BCUT2D eigenvalue weighted by Crippen LogP contribution is -2.48. The van der Waals surface area contributed by atoms with Gasteiger partial charge < -0.3 is 9.84 Å². The largest absolute Gasteiger partial charge is 0.379 e. The van der Waals surface area contributed by atoms with E-state index in [1.165, 1.54) is 0 Å². The third kappa shape index (κ3) is 1.92. The average molecular weight is 312 g/mol. The monoisotopic (exact) mass is 312 g/mol. The van der Waals surface area contributed by atoms with E-state index in [1.807, 2.05) is 24.3 Å². The first-order valence-corrected chi connectivity index (χ1v) is 8.92.